The summed E-state index contributed by atoms with van der Waals surface area (Å²) in [5.41, 5.74) is 21.1. The number of hydrogen-bond acceptors (Lipinski definition) is 1. The van der Waals surface area contributed by atoms with E-state index in [0.717, 1.165) is 35.5 Å². The van der Waals surface area contributed by atoms with Gasteiger partial charge in [-0.25, -0.2) is 0 Å². The number of nitrogens with zero attached hydrogens (tertiary/aromatic N) is 2. The van der Waals surface area contributed by atoms with Crippen molar-refractivity contribution in [3.8, 4) is 27.9 Å². The van der Waals surface area contributed by atoms with Crippen LogP contribution in [0.3, 0.4) is 0 Å². The number of fused-ring (bicyclic) bond motifs is 6. The van der Waals surface area contributed by atoms with Crippen LogP contribution < -0.4 is 0 Å². The van der Waals surface area contributed by atoms with E-state index in [9.17, 15) is 0 Å². The predicted molar refractivity (Wildman–Crippen MR) is 273 cm³/mol. The summed E-state index contributed by atoms with van der Waals surface area (Å²) in [5, 5.41) is 2.47. The second kappa shape index (κ2) is 15.9. The lowest BCUT2D eigenvalue weighted by atomic mass is 9.67. The molecule has 2 heterocycles. The maximum Gasteiger partial charge on any atom is 0.0713 e. The van der Waals surface area contributed by atoms with Gasteiger partial charge in [-0.05, 0) is 130 Å². The molecule has 12 rings (SSSR count). The lowest BCUT2D eigenvalue weighted by Gasteiger charge is -2.34. The van der Waals surface area contributed by atoms with Crippen LogP contribution >= 0.6 is 0 Å². The van der Waals surface area contributed by atoms with Crippen molar-refractivity contribution in [2.75, 3.05) is 0 Å². The van der Waals surface area contributed by atoms with E-state index in [1.54, 1.807) is 0 Å². The molecule has 0 spiro atoms. The molecule has 0 N–H and O–H groups in total. The minimum Gasteiger partial charge on any atom is -0.309 e. The molecule has 0 unspecified atom stereocenters. The average Bonchev–Trinajstić information content (AvgIpc) is 3.86. The minimum absolute atomic E-state index is 0.546. The summed E-state index contributed by atoms with van der Waals surface area (Å²) in [5.74, 6) is 0. The van der Waals surface area contributed by atoms with E-state index in [1.807, 2.05) is 0 Å². The Morgan fingerprint density at radius 2 is 1.00 bits per heavy atom. The van der Waals surface area contributed by atoms with Crippen LogP contribution in [-0.2, 0) is 5.41 Å². The quantitative estimate of drug-likeness (QED) is 0.152. The summed E-state index contributed by atoms with van der Waals surface area (Å²) in [4.78, 5) is 5.56. The molecule has 0 bridgehead atoms. The molecule has 1 aliphatic carbocycles. The fraction of sp³-hybridized carbons (Fsp3) is 0.0635. The summed E-state index contributed by atoms with van der Waals surface area (Å²) in [7, 11) is 0. The summed E-state index contributed by atoms with van der Waals surface area (Å²) in [6.07, 6.45) is 4.09. The van der Waals surface area contributed by atoms with Gasteiger partial charge < -0.3 is 4.57 Å². The van der Waals surface area contributed by atoms with Crippen molar-refractivity contribution in [3.63, 3.8) is 0 Å². The van der Waals surface area contributed by atoms with Crippen molar-refractivity contribution < 1.29 is 0 Å². The molecule has 2 aliphatic rings. The van der Waals surface area contributed by atoms with E-state index >= 15 is 0 Å². The number of aromatic nitrogens is 1. The Labute approximate surface area is 380 Å². The Bertz CT molecular complexity index is 3460. The van der Waals surface area contributed by atoms with Crippen molar-refractivity contribution in [1.82, 2.24) is 4.57 Å². The summed E-state index contributed by atoms with van der Waals surface area (Å²) in [6, 6.07) is 84.6. The lowest BCUT2D eigenvalue weighted by molar-refractivity contribution is 0.768. The number of rotatable bonds is 7. The summed E-state index contributed by atoms with van der Waals surface area (Å²) < 4.78 is 2.40. The van der Waals surface area contributed by atoms with E-state index in [1.165, 1.54) is 88.6 Å². The van der Waals surface area contributed by atoms with Crippen molar-refractivity contribution >= 4 is 38.8 Å². The van der Waals surface area contributed by atoms with E-state index in [-0.39, 0.29) is 0 Å². The highest BCUT2D eigenvalue weighted by Gasteiger charge is 2.46. The minimum atomic E-state index is -0.546. The van der Waals surface area contributed by atoms with Crippen molar-refractivity contribution in [2.24, 2.45) is 4.99 Å². The first-order valence-electron chi connectivity index (χ1n) is 22.8. The van der Waals surface area contributed by atoms with E-state index in [2.05, 4.69) is 248 Å². The van der Waals surface area contributed by atoms with Gasteiger partial charge in [0.1, 0.15) is 0 Å². The zero-order valence-electron chi connectivity index (χ0n) is 36.3. The van der Waals surface area contributed by atoms with Crippen LogP contribution in [0.4, 0.5) is 0 Å². The number of benzene rings is 9. The highest BCUT2D eigenvalue weighted by atomic mass is 15.0. The molecular formula is C63H46N2. The van der Waals surface area contributed by atoms with Gasteiger partial charge in [-0.2, -0.15) is 0 Å². The third-order valence-corrected chi connectivity index (χ3v) is 13.8. The summed E-state index contributed by atoms with van der Waals surface area (Å²) in [6.45, 7) is 2.34. The third kappa shape index (κ3) is 6.36. The number of aliphatic imine (C=N–C) groups is 1. The molecule has 2 nitrogen and oxygen atoms in total. The van der Waals surface area contributed by atoms with Crippen LogP contribution in [0.25, 0.3) is 61.0 Å². The van der Waals surface area contributed by atoms with Gasteiger partial charge in [0.15, 0.2) is 0 Å². The molecule has 0 fully saturated rings. The van der Waals surface area contributed by atoms with Gasteiger partial charge >= 0.3 is 0 Å². The van der Waals surface area contributed by atoms with Crippen molar-refractivity contribution in [2.45, 2.75) is 25.2 Å². The molecule has 65 heavy (non-hydrogen) atoms. The van der Waals surface area contributed by atoms with Gasteiger partial charge in [-0.1, -0.05) is 194 Å². The Balaban J connectivity index is 1.18. The van der Waals surface area contributed by atoms with Crippen LogP contribution in [-0.4, -0.2) is 10.3 Å². The lowest BCUT2D eigenvalue weighted by Crippen LogP contribution is -2.28. The van der Waals surface area contributed by atoms with Crippen molar-refractivity contribution in [3.05, 3.63) is 281 Å². The van der Waals surface area contributed by atoms with E-state index in [0.29, 0.717) is 0 Å². The second-order valence-corrected chi connectivity index (χ2v) is 17.4. The molecule has 0 saturated carbocycles. The average molecular weight is 831 g/mol. The Hall–Kier alpha value is -8.07. The maximum absolute atomic E-state index is 5.56. The first-order valence-corrected chi connectivity index (χ1v) is 22.8. The van der Waals surface area contributed by atoms with Gasteiger partial charge in [0.2, 0.25) is 0 Å². The van der Waals surface area contributed by atoms with Gasteiger partial charge in [0, 0.05) is 27.7 Å². The van der Waals surface area contributed by atoms with E-state index in [4.69, 9.17) is 4.99 Å². The molecule has 0 amide bonds. The standard InChI is InChI=1S/C63H46N2/c1-43-35-37-59(44-21-7-2-8-22-44)64-60(45-23-9-3-10-24-45)42-52(43)54-41-58-55(50-31-17-19-33-57(50)63(58,47-25-11-4-12-26-47)48-27-13-5-14-28-48)40-53(54)46-36-38-62-56(39-46)51-32-18-20-34-61(51)65(62)49-29-15-6-16-30-49/h2-34,36,38-42H,35,37H2,1H3/b52-43-,60-42-,64-59?. The van der Waals surface area contributed by atoms with Crippen LogP contribution in [0.5, 0.6) is 0 Å². The highest BCUT2D eigenvalue weighted by molar-refractivity contribution is 6.11. The molecule has 1 aromatic heterocycles. The first-order chi connectivity index (χ1) is 32.2. The van der Waals surface area contributed by atoms with Gasteiger partial charge in [0.25, 0.3) is 0 Å². The number of hydrogen-bond donors (Lipinski definition) is 0. The number of allylic oxidation sites excluding steroid dienone is 3. The molecule has 10 aromatic rings. The highest BCUT2D eigenvalue weighted by Crippen LogP contribution is 2.58. The van der Waals surface area contributed by atoms with Gasteiger partial charge in [-0.3, -0.25) is 4.99 Å². The van der Waals surface area contributed by atoms with Crippen LogP contribution in [0, 0.1) is 0 Å². The zero-order valence-corrected chi connectivity index (χ0v) is 36.3. The van der Waals surface area contributed by atoms with Gasteiger partial charge in [0.05, 0.1) is 22.1 Å². The fourth-order valence-corrected chi connectivity index (χ4v) is 10.8. The normalized spacial score (nSPS) is 16.3. The largest absolute Gasteiger partial charge is 0.309 e. The molecule has 0 saturated heterocycles. The molecule has 1 aliphatic heterocycles. The molecule has 308 valence electrons. The first kappa shape index (κ1) is 38.6. The zero-order chi connectivity index (χ0) is 43.3. The smallest absolute Gasteiger partial charge is 0.0713 e. The Morgan fingerprint density at radius 3 is 1.71 bits per heavy atom. The summed E-state index contributed by atoms with van der Waals surface area (Å²) >= 11 is 0. The topological polar surface area (TPSA) is 17.3 Å². The van der Waals surface area contributed by atoms with Crippen molar-refractivity contribution in [1.29, 1.82) is 0 Å². The molecule has 0 radical (unpaired) electrons. The fourth-order valence-electron chi connectivity index (χ4n) is 10.8. The van der Waals surface area contributed by atoms with Crippen LogP contribution in [0.1, 0.15) is 58.7 Å². The molecule has 9 aromatic carbocycles. The van der Waals surface area contributed by atoms with Crippen LogP contribution in [0.2, 0.25) is 0 Å². The monoisotopic (exact) mass is 830 g/mol. The van der Waals surface area contributed by atoms with Crippen LogP contribution in [0.15, 0.2) is 247 Å². The third-order valence-electron chi connectivity index (χ3n) is 13.8. The Morgan fingerprint density at radius 1 is 0.415 bits per heavy atom. The van der Waals surface area contributed by atoms with E-state index < -0.39 is 5.41 Å². The van der Waals surface area contributed by atoms with Gasteiger partial charge in [-0.15, -0.1) is 0 Å². The SMILES string of the molecule is C/C1=C(c2cc3c(cc2-c2ccc4c(c2)c2ccccc2n4-c2ccccc2)-c2ccccc2C3(c2ccccc2)c2ccccc2)\C=C(\c2ccccc2)N=C(c2ccccc2)CC1. The maximum atomic E-state index is 5.56. The predicted octanol–water partition coefficient (Wildman–Crippen LogP) is 15.9. The molecule has 2 heteroatoms. The second-order valence-electron chi connectivity index (χ2n) is 17.4. The Kier molecular flexibility index (Phi) is 9.46. The molecule has 0 atom stereocenters. The molecular weight excluding hydrogens is 785 g/mol. The number of para-hydroxylation sites is 2.